The van der Waals surface area contributed by atoms with Crippen LogP contribution >= 0.6 is 0 Å². The van der Waals surface area contributed by atoms with Crippen molar-refractivity contribution >= 4 is 0 Å². The molecule has 3 nitrogen and oxygen atoms in total. The molecule has 1 saturated carbocycles. The first-order chi connectivity index (χ1) is 6.24. The third-order valence-corrected chi connectivity index (χ3v) is 2.78. The molecule has 0 spiro atoms. The zero-order chi connectivity index (χ0) is 9.26. The Balaban J connectivity index is 1.91. The molecule has 1 fully saturated rings. The van der Waals surface area contributed by atoms with E-state index in [2.05, 4.69) is 11.2 Å². The molecule has 0 amide bonds. The second-order valence-corrected chi connectivity index (χ2v) is 4.02. The normalized spacial score (nSPS) is 28.2. The molecule has 13 heavy (non-hydrogen) atoms. The van der Waals surface area contributed by atoms with E-state index in [1.807, 2.05) is 17.9 Å². The monoisotopic (exact) mass is 180 g/mol. The molecule has 1 aliphatic rings. The first-order valence-corrected chi connectivity index (χ1v) is 4.90. The Bertz CT molecular complexity index is 282. The van der Waals surface area contributed by atoms with Crippen LogP contribution in [0.1, 0.15) is 25.0 Å². The minimum Gasteiger partial charge on any atom is -0.393 e. The van der Waals surface area contributed by atoms with Crippen molar-refractivity contribution in [2.75, 3.05) is 0 Å². The Hall–Kier alpha value is -0.830. The lowest BCUT2D eigenvalue weighted by atomic mass is 10.0. The Morgan fingerprint density at radius 2 is 2.46 bits per heavy atom. The van der Waals surface area contributed by atoms with Crippen LogP contribution in [0.15, 0.2) is 12.3 Å². The summed E-state index contributed by atoms with van der Waals surface area (Å²) in [5, 5.41) is 13.7. The van der Waals surface area contributed by atoms with Crippen LogP contribution in [0.3, 0.4) is 0 Å². The number of hydrogen-bond acceptors (Lipinski definition) is 2. The van der Waals surface area contributed by atoms with E-state index >= 15 is 0 Å². The number of rotatable bonds is 2. The first-order valence-electron chi connectivity index (χ1n) is 4.90. The number of aryl methyl sites for hydroxylation is 1. The molecule has 0 radical (unpaired) electrons. The highest BCUT2D eigenvalue weighted by Crippen LogP contribution is 2.27. The summed E-state index contributed by atoms with van der Waals surface area (Å²) in [5.74, 6) is 0.643. The Morgan fingerprint density at radius 3 is 3.00 bits per heavy atom. The number of nitrogens with zero attached hydrogens (tertiary/aromatic N) is 2. The first kappa shape index (κ1) is 8.75. The predicted molar refractivity (Wildman–Crippen MR) is 50.3 cm³/mol. The van der Waals surface area contributed by atoms with Crippen molar-refractivity contribution in [2.24, 2.45) is 13.0 Å². The summed E-state index contributed by atoms with van der Waals surface area (Å²) in [4.78, 5) is 0. The van der Waals surface area contributed by atoms with Crippen LogP contribution in [0.25, 0.3) is 0 Å². The third-order valence-electron chi connectivity index (χ3n) is 2.78. The maximum absolute atomic E-state index is 9.36. The van der Waals surface area contributed by atoms with Crippen LogP contribution < -0.4 is 0 Å². The minimum absolute atomic E-state index is 0.0614. The molecule has 2 atom stereocenters. The lowest BCUT2D eigenvalue weighted by Gasteiger charge is -2.05. The zero-order valence-corrected chi connectivity index (χ0v) is 7.98. The Labute approximate surface area is 78.4 Å². The Morgan fingerprint density at radius 1 is 1.62 bits per heavy atom. The Kier molecular flexibility index (Phi) is 2.36. The van der Waals surface area contributed by atoms with Gasteiger partial charge in [-0.25, -0.2) is 0 Å². The molecule has 2 unspecified atom stereocenters. The van der Waals surface area contributed by atoms with Gasteiger partial charge in [0, 0.05) is 13.2 Å². The fraction of sp³-hybridized carbons (Fsp3) is 0.700. The van der Waals surface area contributed by atoms with Crippen molar-refractivity contribution in [1.82, 2.24) is 9.78 Å². The van der Waals surface area contributed by atoms with E-state index in [-0.39, 0.29) is 6.10 Å². The van der Waals surface area contributed by atoms with Crippen molar-refractivity contribution < 1.29 is 5.11 Å². The molecular weight excluding hydrogens is 164 g/mol. The molecule has 1 heterocycles. The van der Waals surface area contributed by atoms with Gasteiger partial charge in [0.1, 0.15) is 0 Å². The SMILES string of the molecule is Cn1ccc(CC2CCC(O)C2)n1. The summed E-state index contributed by atoms with van der Waals surface area (Å²) in [6.07, 6.45) is 6.01. The summed E-state index contributed by atoms with van der Waals surface area (Å²) in [7, 11) is 1.94. The van der Waals surface area contributed by atoms with Gasteiger partial charge in [-0.15, -0.1) is 0 Å². The van der Waals surface area contributed by atoms with Gasteiger partial charge in [-0.2, -0.15) is 5.10 Å². The fourth-order valence-electron chi connectivity index (χ4n) is 2.10. The summed E-state index contributed by atoms with van der Waals surface area (Å²) < 4.78 is 1.83. The zero-order valence-electron chi connectivity index (χ0n) is 7.98. The lowest BCUT2D eigenvalue weighted by Crippen LogP contribution is -2.04. The van der Waals surface area contributed by atoms with Gasteiger partial charge in [-0.3, -0.25) is 4.68 Å². The van der Waals surface area contributed by atoms with Crippen molar-refractivity contribution in [3.05, 3.63) is 18.0 Å². The highest BCUT2D eigenvalue weighted by Gasteiger charge is 2.23. The molecule has 1 aromatic heterocycles. The molecule has 2 rings (SSSR count). The third kappa shape index (κ3) is 2.10. The molecule has 1 aromatic rings. The molecule has 0 saturated heterocycles. The number of aliphatic hydroxyl groups is 1. The molecule has 0 aliphatic heterocycles. The van der Waals surface area contributed by atoms with E-state index < -0.39 is 0 Å². The van der Waals surface area contributed by atoms with E-state index in [4.69, 9.17) is 0 Å². The summed E-state index contributed by atoms with van der Waals surface area (Å²) >= 11 is 0. The fourth-order valence-corrected chi connectivity index (χ4v) is 2.10. The van der Waals surface area contributed by atoms with Crippen LogP contribution in [0.4, 0.5) is 0 Å². The van der Waals surface area contributed by atoms with Gasteiger partial charge in [0.25, 0.3) is 0 Å². The van der Waals surface area contributed by atoms with Crippen LogP contribution in [0.5, 0.6) is 0 Å². The summed E-state index contributed by atoms with van der Waals surface area (Å²) in [6.45, 7) is 0. The standard InChI is InChI=1S/C10H16N2O/c1-12-5-4-9(11-12)6-8-2-3-10(13)7-8/h4-5,8,10,13H,2-3,6-7H2,1H3. The number of hydrogen-bond donors (Lipinski definition) is 1. The maximum atomic E-state index is 9.36. The molecule has 3 heteroatoms. The van der Waals surface area contributed by atoms with Gasteiger partial charge in [-0.05, 0) is 37.7 Å². The molecule has 0 bridgehead atoms. The van der Waals surface area contributed by atoms with E-state index in [9.17, 15) is 5.11 Å². The van der Waals surface area contributed by atoms with Gasteiger partial charge < -0.3 is 5.11 Å². The van der Waals surface area contributed by atoms with Crippen LogP contribution in [-0.2, 0) is 13.5 Å². The van der Waals surface area contributed by atoms with Gasteiger partial charge >= 0.3 is 0 Å². The maximum Gasteiger partial charge on any atom is 0.0627 e. The average Bonchev–Trinajstić information content (AvgIpc) is 2.62. The quantitative estimate of drug-likeness (QED) is 0.740. The highest BCUT2D eigenvalue weighted by molar-refractivity contribution is 5.00. The van der Waals surface area contributed by atoms with Crippen molar-refractivity contribution in [1.29, 1.82) is 0 Å². The van der Waals surface area contributed by atoms with Crippen molar-refractivity contribution in [3.8, 4) is 0 Å². The second kappa shape index (κ2) is 3.50. The van der Waals surface area contributed by atoms with E-state index in [1.165, 1.54) is 0 Å². The van der Waals surface area contributed by atoms with Crippen molar-refractivity contribution in [2.45, 2.75) is 31.8 Å². The summed E-state index contributed by atoms with van der Waals surface area (Å²) in [5.41, 5.74) is 1.15. The summed E-state index contributed by atoms with van der Waals surface area (Å²) in [6, 6.07) is 2.06. The molecule has 1 N–H and O–H groups in total. The largest absolute Gasteiger partial charge is 0.393 e. The van der Waals surface area contributed by atoms with E-state index in [1.54, 1.807) is 0 Å². The van der Waals surface area contributed by atoms with Gasteiger partial charge in [0.15, 0.2) is 0 Å². The highest BCUT2D eigenvalue weighted by atomic mass is 16.3. The van der Waals surface area contributed by atoms with Crippen molar-refractivity contribution in [3.63, 3.8) is 0 Å². The van der Waals surface area contributed by atoms with Crippen LogP contribution in [-0.4, -0.2) is 21.0 Å². The van der Waals surface area contributed by atoms with Crippen LogP contribution in [0.2, 0.25) is 0 Å². The van der Waals surface area contributed by atoms with E-state index in [0.717, 1.165) is 31.4 Å². The van der Waals surface area contributed by atoms with Gasteiger partial charge in [0.2, 0.25) is 0 Å². The molecule has 1 aliphatic carbocycles. The molecule has 0 aromatic carbocycles. The smallest absolute Gasteiger partial charge is 0.0627 e. The van der Waals surface area contributed by atoms with E-state index in [0.29, 0.717) is 5.92 Å². The topological polar surface area (TPSA) is 38.0 Å². The average molecular weight is 180 g/mol. The second-order valence-electron chi connectivity index (χ2n) is 4.02. The van der Waals surface area contributed by atoms with Gasteiger partial charge in [-0.1, -0.05) is 0 Å². The lowest BCUT2D eigenvalue weighted by molar-refractivity contribution is 0.177. The predicted octanol–water partition coefficient (Wildman–Crippen LogP) is 1.12. The number of aromatic nitrogens is 2. The number of aliphatic hydroxyl groups excluding tert-OH is 1. The van der Waals surface area contributed by atoms with Crippen LogP contribution in [0, 0.1) is 5.92 Å². The molecular formula is C10H16N2O. The minimum atomic E-state index is -0.0614. The van der Waals surface area contributed by atoms with Gasteiger partial charge in [0.05, 0.1) is 11.8 Å². The molecule has 72 valence electrons.